The van der Waals surface area contributed by atoms with E-state index in [-0.39, 0.29) is 17.5 Å². The zero-order valence-corrected chi connectivity index (χ0v) is 19.1. The van der Waals surface area contributed by atoms with Crippen LogP contribution in [0.4, 0.5) is 21.5 Å². The fraction of sp³-hybridized carbons (Fsp3) is 0.192. The molecule has 0 radical (unpaired) electrons. The van der Waals surface area contributed by atoms with Crippen molar-refractivity contribution in [3.05, 3.63) is 88.7 Å². The highest BCUT2D eigenvalue weighted by molar-refractivity contribution is 8.14. The Hall–Kier alpha value is -3.25. The number of nitrogens with one attached hydrogen (secondary N) is 1. The van der Waals surface area contributed by atoms with E-state index in [1.807, 2.05) is 45.0 Å². The van der Waals surface area contributed by atoms with Gasteiger partial charge in [0.25, 0.3) is 0 Å². The summed E-state index contributed by atoms with van der Waals surface area (Å²) in [7, 11) is 0. The van der Waals surface area contributed by atoms with Gasteiger partial charge < -0.3 is 5.32 Å². The van der Waals surface area contributed by atoms with Gasteiger partial charge in [-0.1, -0.05) is 42.0 Å². The van der Waals surface area contributed by atoms with E-state index in [0.717, 1.165) is 44.5 Å². The number of amides is 1. The Balaban J connectivity index is 1.53. The molecule has 0 aliphatic carbocycles. The molecule has 0 unspecified atom stereocenters. The molecular formula is C26H24FN3OS. The summed E-state index contributed by atoms with van der Waals surface area (Å²) in [5.74, 6) is -0.125. The normalized spacial score (nSPS) is 13.0. The number of thioether (sulfide) groups is 1. The van der Waals surface area contributed by atoms with E-state index >= 15 is 0 Å². The van der Waals surface area contributed by atoms with Crippen LogP contribution in [0, 0.1) is 26.6 Å². The number of aliphatic imine (C=N–C) groups is 2. The van der Waals surface area contributed by atoms with Crippen molar-refractivity contribution in [2.75, 3.05) is 11.1 Å². The molecule has 0 bridgehead atoms. The monoisotopic (exact) mass is 445 g/mol. The van der Waals surface area contributed by atoms with Crippen molar-refractivity contribution in [1.82, 2.24) is 0 Å². The van der Waals surface area contributed by atoms with Crippen molar-refractivity contribution in [2.45, 2.75) is 27.2 Å². The minimum absolute atomic E-state index is 0.0782. The maximum atomic E-state index is 13.4. The number of anilines is 1. The molecule has 0 atom stereocenters. The van der Waals surface area contributed by atoms with Gasteiger partial charge in [0.15, 0.2) is 0 Å². The van der Waals surface area contributed by atoms with E-state index in [9.17, 15) is 9.18 Å². The van der Waals surface area contributed by atoms with Crippen molar-refractivity contribution >= 4 is 45.5 Å². The number of halogens is 1. The van der Waals surface area contributed by atoms with Gasteiger partial charge >= 0.3 is 0 Å². The van der Waals surface area contributed by atoms with Crippen LogP contribution >= 0.6 is 11.8 Å². The van der Waals surface area contributed by atoms with Crippen LogP contribution < -0.4 is 5.32 Å². The second-order valence-electron chi connectivity index (χ2n) is 7.85. The van der Waals surface area contributed by atoms with Crippen molar-refractivity contribution in [3.8, 4) is 0 Å². The van der Waals surface area contributed by atoms with Crippen LogP contribution in [-0.2, 0) is 4.79 Å². The number of carbonyl (C=O) groups excluding carboxylic acids is 1. The van der Waals surface area contributed by atoms with Gasteiger partial charge in [-0.05, 0) is 61.7 Å². The molecule has 0 saturated heterocycles. The fourth-order valence-corrected chi connectivity index (χ4v) is 4.52. The number of benzene rings is 3. The van der Waals surface area contributed by atoms with Gasteiger partial charge in [0.1, 0.15) is 5.82 Å². The van der Waals surface area contributed by atoms with Crippen molar-refractivity contribution in [3.63, 3.8) is 0 Å². The van der Waals surface area contributed by atoms with Gasteiger partial charge in [-0.25, -0.2) is 9.38 Å². The highest BCUT2D eigenvalue weighted by Crippen LogP contribution is 2.33. The van der Waals surface area contributed by atoms with E-state index in [0.29, 0.717) is 6.42 Å². The zero-order chi connectivity index (χ0) is 22.7. The van der Waals surface area contributed by atoms with Gasteiger partial charge in [0, 0.05) is 12.1 Å². The first-order valence-corrected chi connectivity index (χ1v) is 11.4. The summed E-state index contributed by atoms with van der Waals surface area (Å²) in [4.78, 5) is 22.3. The second kappa shape index (κ2) is 9.49. The lowest BCUT2D eigenvalue weighted by Crippen LogP contribution is -2.17. The van der Waals surface area contributed by atoms with Crippen LogP contribution in [0.5, 0.6) is 0 Å². The maximum absolute atomic E-state index is 13.4. The molecule has 3 aromatic rings. The lowest BCUT2D eigenvalue weighted by atomic mass is 10.1. The number of carbonyl (C=O) groups is 1. The number of fused-ring (bicyclic) bond motifs is 1. The molecule has 162 valence electrons. The predicted molar refractivity (Wildman–Crippen MR) is 132 cm³/mol. The van der Waals surface area contributed by atoms with Crippen molar-refractivity contribution in [2.24, 2.45) is 9.98 Å². The lowest BCUT2D eigenvalue weighted by molar-refractivity contribution is -0.113. The van der Waals surface area contributed by atoms with Crippen molar-refractivity contribution < 1.29 is 9.18 Å². The Bertz CT molecular complexity index is 1210. The first-order chi connectivity index (χ1) is 15.4. The minimum atomic E-state index is -0.287. The summed E-state index contributed by atoms with van der Waals surface area (Å²) in [5.41, 5.74) is 7.29. The smallest absolute Gasteiger partial charge is 0.234 e. The van der Waals surface area contributed by atoms with Crippen LogP contribution in [-0.4, -0.2) is 22.4 Å². The molecule has 0 fully saturated rings. The Morgan fingerprint density at radius 2 is 1.59 bits per heavy atom. The van der Waals surface area contributed by atoms with E-state index < -0.39 is 0 Å². The topological polar surface area (TPSA) is 53.8 Å². The van der Waals surface area contributed by atoms with Crippen LogP contribution in [0.15, 0.2) is 70.6 Å². The maximum Gasteiger partial charge on any atom is 0.234 e. The first-order valence-electron chi connectivity index (χ1n) is 10.4. The number of hydrogen-bond donors (Lipinski definition) is 1. The average molecular weight is 446 g/mol. The largest absolute Gasteiger partial charge is 0.325 e. The Labute approximate surface area is 191 Å². The van der Waals surface area contributed by atoms with Crippen LogP contribution in [0.3, 0.4) is 0 Å². The zero-order valence-electron chi connectivity index (χ0n) is 18.3. The average Bonchev–Trinajstić information content (AvgIpc) is 2.94. The van der Waals surface area contributed by atoms with E-state index in [1.165, 1.54) is 29.5 Å². The quantitative estimate of drug-likeness (QED) is 0.487. The van der Waals surface area contributed by atoms with Crippen LogP contribution in [0.25, 0.3) is 0 Å². The molecule has 4 nitrogen and oxygen atoms in total. The van der Waals surface area contributed by atoms with Crippen LogP contribution in [0.1, 0.15) is 28.7 Å². The van der Waals surface area contributed by atoms with E-state index in [1.54, 1.807) is 12.1 Å². The van der Waals surface area contributed by atoms with Crippen molar-refractivity contribution in [1.29, 1.82) is 0 Å². The SMILES string of the molecule is Cc1cc(C)c(NC(=O)CSC2=Nc3ccccc3N=C(c3ccc(F)cc3)C2)c(C)c1. The second-order valence-corrected chi connectivity index (χ2v) is 8.90. The lowest BCUT2D eigenvalue weighted by Gasteiger charge is -2.13. The number of hydrogen-bond acceptors (Lipinski definition) is 4. The summed E-state index contributed by atoms with van der Waals surface area (Å²) in [6.45, 7) is 6.05. The standard InChI is InChI=1S/C26H24FN3OS/c1-16-12-17(2)26(18(3)13-16)30-24(31)15-32-25-14-23(19-8-10-20(27)11-9-19)28-21-6-4-5-7-22(21)29-25/h4-13H,14-15H2,1-3H3,(H,30,31). The summed E-state index contributed by atoms with van der Waals surface area (Å²) in [6.07, 6.45) is 0.473. The Morgan fingerprint density at radius 1 is 0.969 bits per heavy atom. The fourth-order valence-electron chi connectivity index (χ4n) is 3.75. The molecule has 0 spiro atoms. The van der Waals surface area contributed by atoms with Gasteiger partial charge in [-0.3, -0.25) is 9.79 Å². The van der Waals surface area contributed by atoms with Gasteiger partial charge in [-0.2, -0.15) is 0 Å². The molecule has 3 aromatic carbocycles. The molecule has 1 N–H and O–H groups in total. The predicted octanol–water partition coefficient (Wildman–Crippen LogP) is 6.68. The summed E-state index contributed by atoms with van der Waals surface area (Å²) in [6, 6.07) is 18.1. The molecule has 1 aliphatic rings. The Kier molecular flexibility index (Phi) is 6.51. The van der Waals surface area contributed by atoms with Gasteiger partial charge in [0.2, 0.25) is 5.91 Å². The Morgan fingerprint density at radius 3 is 2.25 bits per heavy atom. The third-order valence-electron chi connectivity index (χ3n) is 5.19. The third kappa shape index (κ3) is 5.14. The summed E-state index contributed by atoms with van der Waals surface area (Å²) >= 11 is 1.40. The van der Waals surface area contributed by atoms with E-state index in [2.05, 4.69) is 17.4 Å². The molecular weight excluding hydrogens is 421 g/mol. The number of rotatable bonds is 4. The highest BCUT2D eigenvalue weighted by Gasteiger charge is 2.17. The molecule has 6 heteroatoms. The minimum Gasteiger partial charge on any atom is -0.325 e. The number of para-hydroxylation sites is 2. The molecule has 1 amide bonds. The number of aryl methyl sites for hydroxylation is 3. The molecule has 32 heavy (non-hydrogen) atoms. The van der Waals surface area contributed by atoms with E-state index in [4.69, 9.17) is 9.98 Å². The third-order valence-corrected chi connectivity index (χ3v) is 6.17. The summed E-state index contributed by atoms with van der Waals surface area (Å²) in [5, 5.41) is 3.84. The van der Waals surface area contributed by atoms with Gasteiger partial charge in [-0.15, -0.1) is 11.8 Å². The molecule has 1 aliphatic heterocycles. The van der Waals surface area contributed by atoms with Crippen LogP contribution in [0.2, 0.25) is 0 Å². The molecule has 0 saturated carbocycles. The molecule has 1 heterocycles. The first kappa shape index (κ1) is 22.0. The highest BCUT2D eigenvalue weighted by atomic mass is 32.2. The summed E-state index contributed by atoms with van der Waals surface area (Å²) < 4.78 is 13.4. The van der Waals surface area contributed by atoms with Gasteiger partial charge in [0.05, 0.1) is 27.9 Å². The molecule has 4 rings (SSSR count). The molecule has 0 aromatic heterocycles. The number of nitrogens with zero attached hydrogens (tertiary/aromatic N) is 2.